The maximum Gasteiger partial charge on any atom is 0.163 e. The lowest BCUT2D eigenvalue weighted by molar-refractivity contribution is 0.669. The molecular weight excluding hydrogens is 595 g/mol. The Bertz CT molecular complexity index is 3090. The lowest BCUT2D eigenvalue weighted by Gasteiger charge is -2.13. The number of rotatable bonds is 2. The molecule has 0 aliphatic heterocycles. The van der Waals surface area contributed by atoms with Crippen molar-refractivity contribution in [2.24, 2.45) is 0 Å². The second kappa shape index (κ2) is 9.25. The zero-order valence-corrected chi connectivity index (χ0v) is 25.8. The first-order valence-corrected chi connectivity index (χ1v) is 16.6. The second-order valence-electron chi connectivity index (χ2n) is 12.2. The topological polar surface area (TPSA) is 43.9 Å². The van der Waals surface area contributed by atoms with Gasteiger partial charge < -0.3 is 4.42 Å². The molecule has 0 N–H and O–H groups in total. The van der Waals surface area contributed by atoms with E-state index in [0.29, 0.717) is 0 Å². The van der Waals surface area contributed by atoms with Crippen LogP contribution in [0.1, 0.15) is 0 Å². The summed E-state index contributed by atoms with van der Waals surface area (Å²) in [4.78, 5) is 11.7. The zero-order chi connectivity index (χ0) is 30.6. The first-order chi connectivity index (χ1) is 23.3. The molecule has 4 nitrogen and oxygen atoms in total. The van der Waals surface area contributed by atoms with E-state index in [1.807, 2.05) is 6.07 Å². The Kier molecular flexibility index (Phi) is 4.96. The second-order valence-corrected chi connectivity index (χ2v) is 13.2. The Morgan fingerprint density at radius 1 is 0.511 bits per heavy atom. The molecule has 4 heterocycles. The molecule has 11 aromatic rings. The number of hydrogen-bond acceptors (Lipinski definition) is 4. The summed E-state index contributed by atoms with van der Waals surface area (Å²) < 4.78 is 9.99. The van der Waals surface area contributed by atoms with Crippen molar-refractivity contribution >= 4 is 96.9 Å². The fourth-order valence-electron chi connectivity index (χ4n) is 7.53. The fraction of sp³-hybridized carbons (Fsp3) is 0. The van der Waals surface area contributed by atoms with Crippen LogP contribution in [0.3, 0.4) is 0 Å². The van der Waals surface area contributed by atoms with Gasteiger partial charge in [-0.3, -0.25) is 4.57 Å². The van der Waals surface area contributed by atoms with E-state index in [-0.39, 0.29) is 0 Å². The number of furan rings is 1. The molecule has 0 unspecified atom stereocenters. The van der Waals surface area contributed by atoms with Crippen LogP contribution in [-0.2, 0) is 0 Å². The van der Waals surface area contributed by atoms with Gasteiger partial charge in [-0.2, -0.15) is 0 Å². The quantitative estimate of drug-likeness (QED) is 0.194. The van der Waals surface area contributed by atoms with Gasteiger partial charge in [-0.1, -0.05) is 109 Å². The zero-order valence-electron chi connectivity index (χ0n) is 24.9. The van der Waals surface area contributed by atoms with Crippen LogP contribution in [0.15, 0.2) is 144 Å². The molecule has 0 saturated heterocycles. The van der Waals surface area contributed by atoms with Crippen molar-refractivity contribution in [1.82, 2.24) is 14.5 Å². The smallest absolute Gasteiger partial charge is 0.163 e. The van der Waals surface area contributed by atoms with Gasteiger partial charge in [-0.25, -0.2) is 9.97 Å². The van der Waals surface area contributed by atoms with E-state index >= 15 is 0 Å². The van der Waals surface area contributed by atoms with E-state index < -0.39 is 0 Å². The summed E-state index contributed by atoms with van der Waals surface area (Å²) in [6.07, 6.45) is 0. The van der Waals surface area contributed by atoms with E-state index in [1.165, 1.54) is 37.0 Å². The molecule has 5 heteroatoms. The number of nitrogens with zero attached hydrogens (tertiary/aromatic N) is 3. The van der Waals surface area contributed by atoms with Crippen molar-refractivity contribution in [3.8, 4) is 17.2 Å². The largest absolute Gasteiger partial charge is 0.456 e. The molecule has 0 spiro atoms. The Balaban J connectivity index is 1.36. The van der Waals surface area contributed by atoms with Crippen LogP contribution >= 0.6 is 11.3 Å². The molecule has 0 atom stereocenters. The molecule has 0 aliphatic carbocycles. The molecular formula is C42H23N3OS. The summed E-state index contributed by atoms with van der Waals surface area (Å²) in [5, 5.41) is 11.6. The van der Waals surface area contributed by atoms with Gasteiger partial charge in [0.25, 0.3) is 0 Å². The highest BCUT2D eigenvalue weighted by Gasteiger charge is 2.24. The number of aromatic nitrogens is 3. The van der Waals surface area contributed by atoms with Gasteiger partial charge >= 0.3 is 0 Å². The monoisotopic (exact) mass is 617 g/mol. The van der Waals surface area contributed by atoms with Gasteiger partial charge in [0.1, 0.15) is 16.0 Å². The molecule has 0 bridgehead atoms. The predicted octanol–water partition coefficient (Wildman–Crippen LogP) is 11.8. The average molecular weight is 618 g/mol. The van der Waals surface area contributed by atoms with E-state index in [0.717, 1.165) is 65.8 Å². The molecule has 7 aromatic carbocycles. The van der Waals surface area contributed by atoms with Crippen LogP contribution in [0.2, 0.25) is 0 Å². The van der Waals surface area contributed by atoms with Crippen molar-refractivity contribution in [3.63, 3.8) is 0 Å². The highest BCUT2D eigenvalue weighted by molar-refractivity contribution is 7.25. The first kappa shape index (κ1) is 25.2. The third-order valence-electron chi connectivity index (χ3n) is 9.60. The lowest BCUT2D eigenvalue weighted by Crippen LogP contribution is -2.02. The third-order valence-corrected chi connectivity index (χ3v) is 10.7. The molecule has 0 saturated carbocycles. The lowest BCUT2D eigenvalue weighted by atomic mass is 10.0. The molecule has 0 fully saturated rings. The van der Waals surface area contributed by atoms with Crippen LogP contribution in [0.25, 0.3) is 103 Å². The van der Waals surface area contributed by atoms with Crippen LogP contribution in [0.4, 0.5) is 0 Å². The summed E-state index contributed by atoms with van der Waals surface area (Å²) in [5.74, 6) is 1.61. The van der Waals surface area contributed by atoms with E-state index in [9.17, 15) is 0 Å². The van der Waals surface area contributed by atoms with Crippen LogP contribution in [0.5, 0.6) is 0 Å². The van der Waals surface area contributed by atoms with Gasteiger partial charge in [0.15, 0.2) is 11.6 Å². The molecule has 0 aliphatic rings. The van der Waals surface area contributed by atoms with Crippen molar-refractivity contribution in [1.29, 1.82) is 0 Å². The van der Waals surface area contributed by atoms with Crippen LogP contribution < -0.4 is 0 Å². The Morgan fingerprint density at radius 2 is 1.26 bits per heavy atom. The number of fused-ring (bicyclic) bond motifs is 13. The Labute approximate surface area is 271 Å². The molecule has 11 rings (SSSR count). The molecule has 0 amide bonds. The molecule has 4 aromatic heterocycles. The van der Waals surface area contributed by atoms with Gasteiger partial charge in [0, 0.05) is 42.6 Å². The normalized spacial score (nSPS) is 12.3. The third kappa shape index (κ3) is 3.46. The first-order valence-electron chi connectivity index (χ1n) is 15.8. The highest BCUT2D eigenvalue weighted by Crippen LogP contribution is 2.45. The minimum atomic E-state index is 0.717. The fourth-order valence-corrected chi connectivity index (χ4v) is 8.60. The molecule has 218 valence electrons. The van der Waals surface area contributed by atoms with Crippen LogP contribution in [0, 0.1) is 0 Å². The minimum Gasteiger partial charge on any atom is -0.456 e. The SMILES string of the molecule is c1ccc2cc(-c3nc(-n4c5ccc6oc7ccccc7c6c5c5ccc6ccccc6c54)c4c(n3)sc3ccccc34)ccc2c1. The molecule has 0 radical (unpaired) electrons. The summed E-state index contributed by atoms with van der Waals surface area (Å²) in [6, 6.07) is 49.4. The Hall–Kier alpha value is -6.04. The summed E-state index contributed by atoms with van der Waals surface area (Å²) in [7, 11) is 0. The standard InChI is InChI=1S/C42H23N3OS/c1-2-11-26-23-27(18-17-24(26)9-1)40-43-41(38-30-14-6-8-16-35(30)47-42(38)44-40)45-32-21-22-34-37(29-13-5-7-15-33(29)46-34)36(32)31-20-19-25-10-3-4-12-28(25)39(31)45/h1-23H. The van der Waals surface area contributed by atoms with Gasteiger partial charge in [-0.15, -0.1) is 11.3 Å². The summed E-state index contributed by atoms with van der Waals surface area (Å²) >= 11 is 1.73. The Morgan fingerprint density at radius 3 is 2.17 bits per heavy atom. The highest BCUT2D eigenvalue weighted by atomic mass is 32.1. The van der Waals surface area contributed by atoms with Crippen molar-refractivity contribution < 1.29 is 4.42 Å². The number of para-hydroxylation sites is 1. The van der Waals surface area contributed by atoms with Crippen LogP contribution in [-0.4, -0.2) is 14.5 Å². The van der Waals surface area contributed by atoms with Gasteiger partial charge in [0.2, 0.25) is 0 Å². The predicted molar refractivity (Wildman–Crippen MR) is 197 cm³/mol. The van der Waals surface area contributed by atoms with Gasteiger partial charge in [-0.05, 0) is 46.5 Å². The van der Waals surface area contributed by atoms with Gasteiger partial charge in [0.05, 0.1) is 16.4 Å². The maximum atomic E-state index is 6.41. The van der Waals surface area contributed by atoms with E-state index in [2.05, 4.69) is 138 Å². The van der Waals surface area contributed by atoms with E-state index in [4.69, 9.17) is 14.4 Å². The van der Waals surface area contributed by atoms with E-state index in [1.54, 1.807) is 11.3 Å². The van der Waals surface area contributed by atoms with Crippen molar-refractivity contribution in [2.75, 3.05) is 0 Å². The number of hydrogen-bond donors (Lipinski definition) is 0. The summed E-state index contributed by atoms with van der Waals surface area (Å²) in [6.45, 7) is 0. The number of thiophene rings is 1. The van der Waals surface area contributed by atoms with Crippen molar-refractivity contribution in [3.05, 3.63) is 140 Å². The maximum absolute atomic E-state index is 6.41. The minimum absolute atomic E-state index is 0.717. The average Bonchev–Trinajstić information content (AvgIpc) is 3.80. The summed E-state index contributed by atoms with van der Waals surface area (Å²) in [5.41, 5.74) is 5.00. The number of benzene rings is 7. The van der Waals surface area contributed by atoms with Crippen molar-refractivity contribution in [2.45, 2.75) is 0 Å². The molecule has 47 heavy (non-hydrogen) atoms.